The average molecular weight is 430 g/mol. The van der Waals surface area contributed by atoms with Gasteiger partial charge in [0.15, 0.2) is 0 Å². The highest BCUT2D eigenvalue weighted by Crippen LogP contribution is 2.24. The Morgan fingerprint density at radius 3 is 2.47 bits per heavy atom. The molecule has 1 amide bonds. The predicted molar refractivity (Wildman–Crippen MR) is 119 cm³/mol. The van der Waals surface area contributed by atoms with Crippen LogP contribution in [0.1, 0.15) is 42.3 Å². The van der Waals surface area contributed by atoms with Crippen LogP contribution in [0.2, 0.25) is 0 Å². The Bertz CT molecular complexity index is 1010. The standard InChI is InChI=1S/C23H31N3O3S/c1-23(2,3)21(16-26-13-12-17-8-5-6-9-19(17)15-26)25-22(27)18-10-7-11-20(14-18)30(28,29)24-4/h5-11,14,21,24H,12-13,15-16H2,1-4H3,(H,25,27)/t21-/m0/s1. The van der Waals surface area contributed by atoms with Gasteiger partial charge in [0.05, 0.1) is 4.90 Å². The number of carbonyl (C=O) groups is 1. The van der Waals surface area contributed by atoms with E-state index in [-0.39, 0.29) is 22.3 Å². The molecule has 0 saturated heterocycles. The van der Waals surface area contributed by atoms with Gasteiger partial charge in [-0.05, 0) is 48.2 Å². The zero-order chi connectivity index (χ0) is 21.9. The molecule has 0 spiro atoms. The van der Waals surface area contributed by atoms with Crippen LogP contribution in [0.4, 0.5) is 0 Å². The number of sulfonamides is 1. The molecular weight excluding hydrogens is 398 g/mol. The van der Waals surface area contributed by atoms with E-state index >= 15 is 0 Å². The van der Waals surface area contributed by atoms with Crippen molar-refractivity contribution in [2.24, 2.45) is 5.41 Å². The van der Waals surface area contributed by atoms with Crippen LogP contribution in [0.25, 0.3) is 0 Å². The minimum absolute atomic E-state index is 0.0811. The van der Waals surface area contributed by atoms with Gasteiger partial charge in [0, 0.05) is 31.2 Å². The maximum Gasteiger partial charge on any atom is 0.251 e. The molecule has 162 valence electrons. The Kier molecular flexibility index (Phi) is 6.65. The summed E-state index contributed by atoms with van der Waals surface area (Å²) in [5.41, 5.74) is 2.92. The molecule has 0 radical (unpaired) electrons. The van der Waals surface area contributed by atoms with Crippen molar-refractivity contribution in [3.63, 3.8) is 0 Å². The van der Waals surface area contributed by atoms with Crippen molar-refractivity contribution in [3.8, 4) is 0 Å². The second-order valence-electron chi connectivity index (χ2n) is 8.88. The number of hydrogen-bond donors (Lipinski definition) is 2. The molecule has 2 N–H and O–H groups in total. The van der Waals surface area contributed by atoms with Gasteiger partial charge in [0.1, 0.15) is 0 Å². The lowest BCUT2D eigenvalue weighted by molar-refractivity contribution is 0.0862. The largest absolute Gasteiger partial charge is 0.347 e. The minimum Gasteiger partial charge on any atom is -0.347 e. The number of amides is 1. The maximum absolute atomic E-state index is 13.0. The van der Waals surface area contributed by atoms with Crippen molar-refractivity contribution in [2.45, 2.75) is 44.7 Å². The van der Waals surface area contributed by atoms with E-state index in [1.165, 1.54) is 30.3 Å². The summed E-state index contributed by atoms with van der Waals surface area (Å²) in [5.74, 6) is -0.263. The van der Waals surface area contributed by atoms with Crippen molar-refractivity contribution >= 4 is 15.9 Å². The Morgan fingerprint density at radius 1 is 1.10 bits per heavy atom. The molecule has 2 aromatic rings. The highest BCUT2D eigenvalue weighted by molar-refractivity contribution is 7.89. The van der Waals surface area contributed by atoms with Gasteiger partial charge in [0.25, 0.3) is 5.91 Å². The van der Waals surface area contributed by atoms with E-state index in [0.29, 0.717) is 5.56 Å². The van der Waals surface area contributed by atoms with Gasteiger partial charge >= 0.3 is 0 Å². The molecule has 1 heterocycles. The predicted octanol–water partition coefficient (Wildman–Crippen LogP) is 2.80. The van der Waals surface area contributed by atoms with Gasteiger partial charge < -0.3 is 5.32 Å². The molecule has 7 heteroatoms. The van der Waals surface area contributed by atoms with Crippen LogP contribution in [0.3, 0.4) is 0 Å². The summed E-state index contributed by atoms with van der Waals surface area (Å²) >= 11 is 0. The zero-order valence-corrected chi connectivity index (χ0v) is 18.9. The lowest BCUT2D eigenvalue weighted by atomic mass is 9.85. The molecule has 6 nitrogen and oxygen atoms in total. The number of nitrogens with zero attached hydrogens (tertiary/aromatic N) is 1. The highest BCUT2D eigenvalue weighted by Gasteiger charge is 2.30. The van der Waals surface area contributed by atoms with Crippen LogP contribution < -0.4 is 10.0 Å². The molecule has 0 bridgehead atoms. The van der Waals surface area contributed by atoms with Gasteiger partial charge in [-0.3, -0.25) is 9.69 Å². The quantitative estimate of drug-likeness (QED) is 0.740. The monoisotopic (exact) mass is 429 g/mol. The number of carbonyl (C=O) groups excluding carboxylic acids is 1. The van der Waals surface area contributed by atoms with E-state index in [1.54, 1.807) is 12.1 Å². The Morgan fingerprint density at radius 2 is 1.80 bits per heavy atom. The van der Waals surface area contributed by atoms with Gasteiger partial charge in [-0.15, -0.1) is 0 Å². The molecule has 2 aromatic carbocycles. The highest BCUT2D eigenvalue weighted by atomic mass is 32.2. The van der Waals surface area contributed by atoms with Crippen molar-refractivity contribution in [3.05, 3.63) is 65.2 Å². The zero-order valence-electron chi connectivity index (χ0n) is 18.1. The third kappa shape index (κ3) is 5.28. The van der Waals surface area contributed by atoms with Gasteiger partial charge in [-0.25, -0.2) is 13.1 Å². The number of hydrogen-bond acceptors (Lipinski definition) is 4. The SMILES string of the molecule is CNS(=O)(=O)c1cccc(C(=O)N[C@@H](CN2CCc3ccccc3C2)C(C)(C)C)c1. The number of rotatable bonds is 6. The number of fused-ring (bicyclic) bond motifs is 1. The van der Waals surface area contributed by atoms with Gasteiger partial charge in [-0.1, -0.05) is 51.1 Å². The Labute approximate surface area is 179 Å². The first-order valence-electron chi connectivity index (χ1n) is 10.2. The fourth-order valence-electron chi connectivity index (χ4n) is 3.67. The molecule has 0 fully saturated rings. The summed E-state index contributed by atoms with van der Waals surface area (Å²) in [6, 6.07) is 14.5. The summed E-state index contributed by atoms with van der Waals surface area (Å²) in [6.45, 7) is 8.88. The number of benzene rings is 2. The lowest BCUT2D eigenvalue weighted by Gasteiger charge is -2.38. The smallest absolute Gasteiger partial charge is 0.251 e. The van der Waals surface area contributed by atoms with Crippen LogP contribution in [-0.2, 0) is 23.0 Å². The second-order valence-corrected chi connectivity index (χ2v) is 10.8. The van der Waals surface area contributed by atoms with Gasteiger partial charge in [-0.2, -0.15) is 0 Å². The molecule has 0 saturated carbocycles. The summed E-state index contributed by atoms with van der Waals surface area (Å²) in [5, 5.41) is 3.15. The minimum atomic E-state index is -3.60. The fourth-order valence-corrected chi connectivity index (χ4v) is 4.44. The molecule has 1 aliphatic rings. The van der Waals surface area contributed by atoms with E-state index in [2.05, 4.69) is 60.0 Å². The topological polar surface area (TPSA) is 78.5 Å². The average Bonchev–Trinajstić information content (AvgIpc) is 2.72. The van der Waals surface area contributed by atoms with Crippen LogP contribution in [-0.4, -0.2) is 45.4 Å². The second kappa shape index (κ2) is 8.88. The molecule has 30 heavy (non-hydrogen) atoms. The first-order chi connectivity index (χ1) is 14.1. The summed E-state index contributed by atoms with van der Waals surface area (Å²) in [7, 11) is -2.24. The van der Waals surface area contributed by atoms with E-state index in [4.69, 9.17) is 0 Å². The van der Waals surface area contributed by atoms with E-state index in [1.807, 2.05) is 0 Å². The molecule has 1 atom stereocenters. The Balaban J connectivity index is 1.75. The normalized spacial score (nSPS) is 16.0. The van der Waals surface area contributed by atoms with Crippen LogP contribution in [0.5, 0.6) is 0 Å². The lowest BCUT2D eigenvalue weighted by Crippen LogP contribution is -2.51. The van der Waals surface area contributed by atoms with Crippen LogP contribution >= 0.6 is 0 Å². The Hall–Kier alpha value is -2.22. The third-order valence-electron chi connectivity index (χ3n) is 5.68. The first kappa shape index (κ1) is 22.5. The van der Waals surface area contributed by atoms with Crippen LogP contribution in [0, 0.1) is 5.41 Å². The van der Waals surface area contributed by atoms with Crippen LogP contribution in [0.15, 0.2) is 53.4 Å². The maximum atomic E-state index is 13.0. The summed E-state index contributed by atoms with van der Waals surface area (Å²) in [4.78, 5) is 15.4. The van der Waals surface area contributed by atoms with Crippen molar-refractivity contribution in [2.75, 3.05) is 20.1 Å². The molecular formula is C23H31N3O3S. The van der Waals surface area contributed by atoms with E-state index in [9.17, 15) is 13.2 Å². The molecule has 0 aromatic heterocycles. The van der Waals surface area contributed by atoms with Crippen molar-refractivity contribution < 1.29 is 13.2 Å². The molecule has 0 unspecified atom stereocenters. The fraction of sp³-hybridized carbons (Fsp3) is 0.435. The van der Waals surface area contributed by atoms with Crippen molar-refractivity contribution in [1.29, 1.82) is 0 Å². The van der Waals surface area contributed by atoms with E-state index < -0.39 is 10.0 Å². The van der Waals surface area contributed by atoms with E-state index in [0.717, 1.165) is 26.1 Å². The summed E-state index contributed by atoms with van der Waals surface area (Å²) < 4.78 is 26.4. The third-order valence-corrected chi connectivity index (χ3v) is 7.09. The molecule has 0 aliphatic carbocycles. The summed E-state index contributed by atoms with van der Waals surface area (Å²) in [6.07, 6.45) is 1.00. The first-order valence-corrected chi connectivity index (χ1v) is 11.7. The van der Waals surface area contributed by atoms with Gasteiger partial charge in [0.2, 0.25) is 10.0 Å². The molecule has 1 aliphatic heterocycles. The van der Waals surface area contributed by atoms with Crippen molar-refractivity contribution in [1.82, 2.24) is 14.9 Å². The molecule has 3 rings (SSSR count). The number of nitrogens with one attached hydrogen (secondary N) is 2.